The maximum atomic E-state index is 11.7. The monoisotopic (exact) mass is 250 g/mol. The average molecular weight is 250 g/mol. The molecule has 0 saturated heterocycles. The molecule has 0 N–H and O–H groups in total. The molecule has 0 bridgehead atoms. The van der Waals surface area contributed by atoms with Gasteiger partial charge in [-0.1, -0.05) is 38.7 Å². The number of unbranched alkanes of at least 4 members (excludes halogenated alkanes) is 5. The first-order chi connectivity index (χ1) is 8.66. The molecule has 4 heteroatoms. The van der Waals surface area contributed by atoms with Crippen LogP contribution < -0.4 is 11.2 Å². The number of aromatic nitrogens is 2. The molecule has 4 nitrogen and oxygen atoms in total. The first kappa shape index (κ1) is 14.5. The summed E-state index contributed by atoms with van der Waals surface area (Å²) in [5.74, 6) is 0. The lowest BCUT2D eigenvalue weighted by Crippen LogP contribution is -2.34. The minimum absolute atomic E-state index is 0.277. The Labute approximate surface area is 108 Å². The van der Waals surface area contributed by atoms with Gasteiger partial charge in [0.05, 0.1) is 0 Å². The lowest BCUT2D eigenvalue weighted by molar-refractivity contribution is 0.637. The van der Waals surface area contributed by atoms with Gasteiger partial charge in [0.25, 0.3) is 5.56 Å². The number of hydrogen-bond donors (Lipinski definition) is 0. The number of rotatable bonds is 7. The number of hydrogen-bond acceptors (Lipinski definition) is 2. The van der Waals surface area contributed by atoms with Crippen LogP contribution in [0.4, 0.5) is 0 Å². The van der Waals surface area contributed by atoms with Gasteiger partial charge in [0.2, 0.25) is 0 Å². The van der Waals surface area contributed by atoms with Crippen LogP contribution in [0.1, 0.15) is 45.4 Å². The number of nitrogens with zero attached hydrogens (tertiary/aromatic N) is 2. The van der Waals surface area contributed by atoms with Crippen molar-refractivity contribution in [2.45, 2.75) is 45.4 Å². The molecule has 1 aromatic heterocycles. The van der Waals surface area contributed by atoms with E-state index in [9.17, 15) is 9.59 Å². The summed E-state index contributed by atoms with van der Waals surface area (Å²) >= 11 is 0. The summed E-state index contributed by atoms with van der Waals surface area (Å²) in [7, 11) is 1.64. The Morgan fingerprint density at radius 3 is 2.61 bits per heavy atom. The van der Waals surface area contributed by atoms with Crippen molar-refractivity contribution in [1.82, 2.24) is 9.13 Å². The summed E-state index contributed by atoms with van der Waals surface area (Å²) in [4.78, 5) is 23.2. The normalized spacial score (nSPS) is 11.2. The van der Waals surface area contributed by atoms with Gasteiger partial charge in [0.15, 0.2) is 0 Å². The molecule has 1 aromatic rings. The highest BCUT2D eigenvalue weighted by atomic mass is 16.2. The third-order valence-corrected chi connectivity index (χ3v) is 2.91. The first-order valence-electron chi connectivity index (χ1n) is 6.61. The lowest BCUT2D eigenvalue weighted by Gasteiger charge is -2.00. The van der Waals surface area contributed by atoms with Crippen molar-refractivity contribution >= 4 is 6.20 Å². The molecule has 0 spiro atoms. The summed E-state index contributed by atoms with van der Waals surface area (Å²) in [6.45, 7) is 2.19. The minimum Gasteiger partial charge on any atom is -0.303 e. The fourth-order valence-corrected chi connectivity index (χ4v) is 1.77. The molecular weight excluding hydrogens is 228 g/mol. The predicted molar refractivity (Wildman–Crippen MR) is 74.6 cm³/mol. The number of aryl methyl sites for hydroxylation is 1. The summed E-state index contributed by atoms with van der Waals surface area (Å²) in [5.41, 5.74) is -0.579. The highest BCUT2D eigenvalue weighted by Crippen LogP contribution is 2.05. The van der Waals surface area contributed by atoms with Crippen molar-refractivity contribution in [2.75, 3.05) is 0 Å². The first-order valence-corrected chi connectivity index (χ1v) is 6.61. The fourth-order valence-electron chi connectivity index (χ4n) is 1.77. The topological polar surface area (TPSA) is 44.0 Å². The molecule has 0 aliphatic rings. The summed E-state index contributed by atoms with van der Waals surface area (Å²) in [6.07, 6.45) is 12.0. The van der Waals surface area contributed by atoms with Crippen molar-refractivity contribution in [3.05, 3.63) is 39.2 Å². The molecule has 0 aliphatic heterocycles. The predicted octanol–water partition coefficient (Wildman–Crippen LogP) is 2.38. The maximum absolute atomic E-state index is 11.7. The molecule has 0 aromatic carbocycles. The molecular formula is C14H22N2O2. The lowest BCUT2D eigenvalue weighted by atomic mass is 10.1. The highest BCUT2D eigenvalue weighted by molar-refractivity contribution is 5.21. The van der Waals surface area contributed by atoms with E-state index in [1.807, 2.05) is 6.08 Å². The zero-order valence-corrected chi connectivity index (χ0v) is 11.3. The van der Waals surface area contributed by atoms with E-state index in [0.717, 1.165) is 17.4 Å². The molecule has 1 rings (SSSR count). The zero-order chi connectivity index (χ0) is 13.4. The van der Waals surface area contributed by atoms with Gasteiger partial charge in [-0.05, 0) is 12.8 Å². The van der Waals surface area contributed by atoms with Gasteiger partial charge in [-0.15, -0.1) is 0 Å². The van der Waals surface area contributed by atoms with E-state index in [4.69, 9.17) is 0 Å². The highest BCUT2D eigenvalue weighted by Gasteiger charge is 1.97. The van der Waals surface area contributed by atoms with Crippen LogP contribution in [0.2, 0.25) is 0 Å². The fraction of sp³-hybridized carbons (Fsp3) is 0.571. The Hall–Kier alpha value is -1.58. The van der Waals surface area contributed by atoms with E-state index in [1.165, 1.54) is 42.5 Å². The second-order valence-corrected chi connectivity index (χ2v) is 4.51. The van der Waals surface area contributed by atoms with Crippen LogP contribution in [0.5, 0.6) is 0 Å². The largest absolute Gasteiger partial charge is 0.334 e. The molecule has 100 valence electrons. The summed E-state index contributed by atoms with van der Waals surface area (Å²) in [6, 6.07) is 1.40. The Morgan fingerprint density at radius 2 is 1.89 bits per heavy atom. The van der Waals surface area contributed by atoms with Crippen LogP contribution in [-0.4, -0.2) is 9.13 Å². The van der Waals surface area contributed by atoms with Gasteiger partial charge in [0.1, 0.15) is 0 Å². The average Bonchev–Trinajstić information content (AvgIpc) is 2.36. The standard InChI is InChI=1S/C14H22N2O2/c1-3-4-5-6-7-8-9-11-16-13(17)10-12-15(2)14(16)18/h9-12H,3-8H2,1-2H3/b11-9+. The second kappa shape index (κ2) is 7.69. The quantitative estimate of drug-likeness (QED) is 0.697. The summed E-state index contributed by atoms with van der Waals surface area (Å²) in [5, 5.41) is 0. The van der Waals surface area contributed by atoms with E-state index in [0.29, 0.717) is 0 Å². The van der Waals surface area contributed by atoms with Crippen LogP contribution in [0.3, 0.4) is 0 Å². The molecule has 0 saturated carbocycles. The molecule has 18 heavy (non-hydrogen) atoms. The van der Waals surface area contributed by atoms with E-state index < -0.39 is 0 Å². The van der Waals surface area contributed by atoms with Crippen molar-refractivity contribution < 1.29 is 0 Å². The van der Waals surface area contributed by atoms with Crippen molar-refractivity contribution in [2.24, 2.45) is 7.05 Å². The molecule has 1 heterocycles. The van der Waals surface area contributed by atoms with E-state index >= 15 is 0 Å². The Balaban J connectivity index is 2.50. The molecule has 0 unspecified atom stereocenters. The maximum Gasteiger partial charge on any atom is 0.334 e. The smallest absolute Gasteiger partial charge is 0.303 e. The Kier molecular flexibility index (Phi) is 6.19. The van der Waals surface area contributed by atoms with Crippen molar-refractivity contribution in [3.8, 4) is 0 Å². The molecule has 0 aliphatic carbocycles. The minimum atomic E-state index is -0.301. The SMILES string of the molecule is CCCCCCC/C=C/n1c(=O)ccn(C)c1=O. The van der Waals surface area contributed by atoms with E-state index in [1.54, 1.807) is 13.2 Å². The Morgan fingerprint density at radius 1 is 1.17 bits per heavy atom. The van der Waals surface area contributed by atoms with Crippen molar-refractivity contribution in [1.29, 1.82) is 0 Å². The Bertz CT molecular complexity index is 497. The van der Waals surface area contributed by atoms with Gasteiger partial charge >= 0.3 is 5.69 Å². The third-order valence-electron chi connectivity index (χ3n) is 2.91. The van der Waals surface area contributed by atoms with Crippen LogP contribution in [0, 0.1) is 0 Å². The third kappa shape index (κ3) is 4.35. The van der Waals surface area contributed by atoms with E-state index in [2.05, 4.69) is 6.92 Å². The van der Waals surface area contributed by atoms with Gasteiger partial charge in [-0.2, -0.15) is 0 Å². The van der Waals surface area contributed by atoms with Gasteiger partial charge in [0, 0.05) is 25.5 Å². The van der Waals surface area contributed by atoms with Crippen LogP contribution >= 0.6 is 0 Å². The second-order valence-electron chi connectivity index (χ2n) is 4.51. The van der Waals surface area contributed by atoms with E-state index in [-0.39, 0.29) is 11.2 Å². The van der Waals surface area contributed by atoms with Crippen molar-refractivity contribution in [3.63, 3.8) is 0 Å². The molecule has 0 atom stereocenters. The number of allylic oxidation sites excluding steroid dienone is 1. The molecule has 0 amide bonds. The van der Waals surface area contributed by atoms with Gasteiger partial charge in [-0.25, -0.2) is 9.36 Å². The molecule has 0 fully saturated rings. The van der Waals surface area contributed by atoms with Gasteiger partial charge < -0.3 is 4.57 Å². The van der Waals surface area contributed by atoms with Crippen LogP contribution in [0.15, 0.2) is 27.9 Å². The summed E-state index contributed by atoms with van der Waals surface area (Å²) < 4.78 is 2.54. The van der Waals surface area contributed by atoms with Gasteiger partial charge in [-0.3, -0.25) is 4.79 Å². The van der Waals surface area contributed by atoms with Crippen LogP contribution in [-0.2, 0) is 7.05 Å². The zero-order valence-electron chi connectivity index (χ0n) is 11.3. The molecule has 0 radical (unpaired) electrons. The van der Waals surface area contributed by atoms with Crippen LogP contribution in [0.25, 0.3) is 6.20 Å².